The van der Waals surface area contributed by atoms with E-state index in [0.717, 1.165) is 37.6 Å². The number of thiophene rings is 1. The van der Waals surface area contributed by atoms with Crippen LogP contribution in [0.4, 0.5) is 13.2 Å². The van der Waals surface area contributed by atoms with Gasteiger partial charge in [-0.05, 0) is 47.5 Å². The molecule has 2 heterocycles. The Morgan fingerprint density at radius 1 is 1.21 bits per heavy atom. The monoisotopic (exact) mass is 373 g/mol. The van der Waals surface area contributed by atoms with Gasteiger partial charge in [0.15, 0.2) is 0 Å². The Labute approximate surface area is 146 Å². The van der Waals surface area contributed by atoms with Gasteiger partial charge >= 0.3 is 6.18 Å². The maximum atomic E-state index is 13.0. The van der Waals surface area contributed by atoms with E-state index in [4.69, 9.17) is 11.6 Å². The molecule has 2 aromatic rings. The topological polar surface area (TPSA) is 20.3 Å². The van der Waals surface area contributed by atoms with Gasteiger partial charge in [0, 0.05) is 18.0 Å². The number of benzene rings is 1. The van der Waals surface area contributed by atoms with E-state index in [-0.39, 0.29) is 17.4 Å². The fourth-order valence-corrected chi connectivity index (χ4v) is 3.91. The lowest BCUT2D eigenvalue weighted by Gasteiger charge is -2.14. The molecule has 1 saturated heterocycles. The number of hydrogen-bond acceptors (Lipinski definition) is 2. The first-order chi connectivity index (χ1) is 11.3. The van der Waals surface area contributed by atoms with Crippen molar-refractivity contribution in [2.24, 2.45) is 0 Å². The molecule has 7 heteroatoms. The van der Waals surface area contributed by atoms with Gasteiger partial charge in [-0.15, -0.1) is 11.3 Å². The Morgan fingerprint density at radius 3 is 2.58 bits per heavy atom. The second kappa shape index (κ2) is 6.76. The van der Waals surface area contributed by atoms with Crippen LogP contribution in [0.15, 0.2) is 29.6 Å². The smallest absolute Gasteiger partial charge is 0.342 e. The normalized spacial score (nSPS) is 15.1. The molecule has 0 unspecified atom stereocenters. The zero-order valence-electron chi connectivity index (χ0n) is 12.7. The average molecular weight is 374 g/mol. The second-order valence-electron chi connectivity index (χ2n) is 5.78. The Balaban J connectivity index is 1.79. The highest BCUT2D eigenvalue weighted by atomic mass is 35.5. The molecule has 0 N–H and O–H groups in total. The summed E-state index contributed by atoms with van der Waals surface area (Å²) in [4.78, 5) is 14.7. The minimum atomic E-state index is -4.49. The van der Waals surface area contributed by atoms with Gasteiger partial charge < -0.3 is 4.90 Å². The van der Waals surface area contributed by atoms with Crippen LogP contribution in [-0.2, 0) is 17.4 Å². The molecule has 0 spiro atoms. The first kappa shape index (κ1) is 17.3. The molecule has 1 aliphatic rings. The van der Waals surface area contributed by atoms with Crippen LogP contribution in [0, 0.1) is 0 Å². The second-order valence-corrected chi connectivity index (χ2v) is 7.09. The van der Waals surface area contributed by atoms with E-state index in [1.165, 1.54) is 17.4 Å². The minimum Gasteiger partial charge on any atom is -0.342 e. The standard InChI is InChI=1S/C17H15ClF3NOS/c18-14-4-3-12(9-13(14)17(19,20)21)15-7-11(10-24-15)8-16(23)22-5-1-2-6-22/h3-4,7,9-10H,1-2,5-6,8H2. The van der Waals surface area contributed by atoms with Crippen molar-refractivity contribution in [2.45, 2.75) is 25.4 Å². The summed E-state index contributed by atoms with van der Waals surface area (Å²) >= 11 is 6.98. The van der Waals surface area contributed by atoms with E-state index in [9.17, 15) is 18.0 Å². The Morgan fingerprint density at radius 2 is 1.92 bits per heavy atom. The molecule has 0 aliphatic carbocycles. The zero-order chi connectivity index (χ0) is 17.3. The van der Waals surface area contributed by atoms with Crippen LogP contribution in [0.1, 0.15) is 24.0 Å². The van der Waals surface area contributed by atoms with Crippen LogP contribution in [-0.4, -0.2) is 23.9 Å². The number of hydrogen-bond donors (Lipinski definition) is 0. The number of halogens is 4. The summed E-state index contributed by atoms with van der Waals surface area (Å²) in [6, 6.07) is 5.66. The summed E-state index contributed by atoms with van der Waals surface area (Å²) in [7, 11) is 0. The number of carbonyl (C=O) groups excluding carboxylic acids is 1. The third kappa shape index (κ3) is 3.75. The maximum Gasteiger partial charge on any atom is 0.417 e. The van der Waals surface area contributed by atoms with Crippen LogP contribution in [0.5, 0.6) is 0 Å². The molecule has 0 radical (unpaired) electrons. The SMILES string of the molecule is O=C(Cc1csc(-c2ccc(Cl)c(C(F)(F)F)c2)c1)N1CCCC1. The average Bonchev–Trinajstić information content (AvgIpc) is 3.17. The molecule has 1 aromatic carbocycles. The molecule has 24 heavy (non-hydrogen) atoms. The quantitative estimate of drug-likeness (QED) is 0.719. The predicted octanol–water partition coefficient (Wildman–Crippen LogP) is 5.25. The van der Waals surface area contributed by atoms with E-state index in [1.807, 2.05) is 10.3 Å². The van der Waals surface area contributed by atoms with Crippen LogP contribution in [0.2, 0.25) is 5.02 Å². The van der Waals surface area contributed by atoms with Gasteiger partial charge in [0.1, 0.15) is 0 Å². The minimum absolute atomic E-state index is 0.0731. The third-order valence-corrected chi connectivity index (χ3v) is 5.38. The van der Waals surface area contributed by atoms with Gasteiger partial charge in [-0.3, -0.25) is 4.79 Å². The summed E-state index contributed by atoms with van der Waals surface area (Å²) < 4.78 is 38.9. The lowest BCUT2D eigenvalue weighted by atomic mass is 10.1. The van der Waals surface area contributed by atoms with Gasteiger partial charge in [-0.25, -0.2) is 0 Å². The summed E-state index contributed by atoms with van der Waals surface area (Å²) in [6.45, 7) is 1.59. The van der Waals surface area contributed by atoms with E-state index in [0.29, 0.717) is 10.4 Å². The third-order valence-electron chi connectivity index (χ3n) is 4.02. The highest BCUT2D eigenvalue weighted by molar-refractivity contribution is 7.13. The van der Waals surface area contributed by atoms with E-state index < -0.39 is 11.7 Å². The van der Waals surface area contributed by atoms with E-state index >= 15 is 0 Å². The van der Waals surface area contributed by atoms with E-state index in [1.54, 1.807) is 12.1 Å². The number of likely N-dealkylation sites (tertiary alicyclic amines) is 1. The van der Waals surface area contributed by atoms with Crippen LogP contribution < -0.4 is 0 Å². The van der Waals surface area contributed by atoms with Gasteiger partial charge in [0.25, 0.3) is 0 Å². The van der Waals surface area contributed by atoms with Crippen molar-refractivity contribution in [2.75, 3.05) is 13.1 Å². The van der Waals surface area contributed by atoms with Crippen molar-refractivity contribution < 1.29 is 18.0 Å². The fraction of sp³-hybridized carbons (Fsp3) is 0.353. The summed E-state index contributed by atoms with van der Waals surface area (Å²) in [5.74, 6) is 0.0731. The lowest BCUT2D eigenvalue weighted by molar-refractivity contribution is -0.137. The van der Waals surface area contributed by atoms with Crippen molar-refractivity contribution in [3.05, 3.63) is 45.8 Å². The molecule has 1 fully saturated rings. The summed E-state index contributed by atoms with van der Waals surface area (Å²) in [5.41, 5.74) is 0.441. The summed E-state index contributed by atoms with van der Waals surface area (Å²) in [5, 5.41) is 1.51. The van der Waals surface area contributed by atoms with Crippen molar-refractivity contribution in [1.29, 1.82) is 0 Å². The van der Waals surface area contributed by atoms with Crippen LogP contribution in [0.3, 0.4) is 0 Å². The number of rotatable bonds is 3. The molecular formula is C17H15ClF3NOS. The lowest BCUT2D eigenvalue weighted by Crippen LogP contribution is -2.28. The summed E-state index contributed by atoms with van der Waals surface area (Å²) in [6.07, 6.45) is -2.13. The van der Waals surface area contributed by atoms with Crippen molar-refractivity contribution in [1.82, 2.24) is 4.90 Å². The number of amides is 1. The van der Waals surface area contributed by atoms with Crippen molar-refractivity contribution in [3.63, 3.8) is 0 Å². The van der Waals surface area contributed by atoms with Gasteiger partial charge in [-0.2, -0.15) is 13.2 Å². The van der Waals surface area contributed by atoms with Crippen molar-refractivity contribution >= 4 is 28.8 Å². The fourth-order valence-electron chi connectivity index (χ4n) is 2.77. The number of alkyl halides is 3. The number of nitrogens with zero attached hydrogens (tertiary/aromatic N) is 1. The first-order valence-electron chi connectivity index (χ1n) is 7.57. The Kier molecular flexibility index (Phi) is 4.88. The van der Waals surface area contributed by atoms with Crippen molar-refractivity contribution in [3.8, 4) is 10.4 Å². The Bertz CT molecular complexity index is 751. The molecule has 0 saturated carbocycles. The largest absolute Gasteiger partial charge is 0.417 e. The van der Waals surface area contributed by atoms with Gasteiger partial charge in [0.2, 0.25) is 5.91 Å². The molecule has 1 aromatic heterocycles. The van der Waals surface area contributed by atoms with Gasteiger partial charge in [-0.1, -0.05) is 17.7 Å². The molecule has 1 aliphatic heterocycles. The molecule has 128 valence electrons. The molecular weight excluding hydrogens is 359 g/mol. The molecule has 0 atom stereocenters. The highest BCUT2D eigenvalue weighted by Gasteiger charge is 2.33. The molecule has 2 nitrogen and oxygen atoms in total. The molecule has 0 bridgehead atoms. The molecule has 3 rings (SSSR count). The Hall–Kier alpha value is -1.53. The van der Waals surface area contributed by atoms with Crippen LogP contribution in [0.25, 0.3) is 10.4 Å². The highest BCUT2D eigenvalue weighted by Crippen LogP contribution is 2.38. The predicted molar refractivity (Wildman–Crippen MR) is 89.3 cm³/mol. The number of carbonyl (C=O) groups is 1. The first-order valence-corrected chi connectivity index (χ1v) is 8.82. The zero-order valence-corrected chi connectivity index (χ0v) is 14.3. The maximum absolute atomic E-state index is 13.0. The van der Waals surface area contributed by atoms with Gasteiger partial charge in [0.05, 0.1) is 17.0 Å². The van der Waals surface area contributed by atoms with E-state index in [2.05, 4.69) is 0 Å². The van der Waals surface area contributed by atoms with Crippen LogP contribution >= 0.6 is 22.9 Å². The molecule has 1 amide bonds.